The van der Waals surface area contributed by atoms with E-state index in [4.69, 9.17) is 9.47 Å². The number of ether oxygens (including phenoxy) is 2. The summed E-state index contributed by atoms with van der Waals surface area (Å²) in [6.07, 6.45) is 1.60. The highest BCUT2D eigenvalue weighted by molar-refractivity contribution is 7.09. The van der Waals surface area contributed by atoms with Crippen molar-refractivity contribution in [3.8, 4) is 0 Å². The Bertz CT molecular complexity index is 973. The van der Waals surface area contributed by atoms with E-state index >= 15 is 0 Å². The predicted molar refractivity (Wildman–Crippen MR) is 137 cm³/mol. The largest absolute Gasteiger partial charge is 0.458 e. The Morgan fingerprint density at radius 3 is 2.58 bits per heavy atom. The summed E-state index contributed by atoms with van der Waals surface area (Å²) in [6.45, 7) is 10.6. The summed E-state index contributed by atoms with van der Waals surface area (Å²) in [4.78, 5) is 30.5. The number of aliphatic hydroxyl groups excluding tert-OH is 3. The molecular weight excluding hydrogens is 482 g/mol. The number of carbonyl (C=O) groups excluding carboxylic acids is 2. The quantitative estimate of drug-likeness (QED) is 0.404. The number of hydrogen-bond donors (Lipinski definition) is 3. The lowest BCUT2D eigenvalue weighted by Crippen LogP contribution is -2.45. The Morgan fingerprint density at radius 1 is 1.25 bits per heavy atom. The zero-order valence-electron chi connectivity index (χ0n) is 22.2. The summed E-state index contributed by atoms with van der Waals surface area (Å²) in [5.74, 6) is -1.64. The van der Waals surface area contributed by atoms with Gasteiger partial charge in [0.2, 0.25) is 0 Å². The van der Waals surface area contributed by atoms with E-state index in [9.17, 15) is 24.9 Å². The molecule has 7 atom stereocenters. The average Bonchev–Trinajstić information content (AvgIpc) is 3.23. The van der Waals surface area contributed by atoms with Crippen LogP contribution in [0.4, 0.5) is 0 Å². The van der Waals surface area contributed by atoms with Gasteiger partial charge in [0.25, 0.3) is 0 Å². The Morgan fingerprint density at radius 2 is 1.94 bits per heavy atom. The number of thiazole rings is 1. The fraction of sp³-hybridized carbons (Fsp3) is 0.741. The molecule has 3 N–H and O–H groups in total. The Kier molecular flexibility index (Phi) is 9.15. The maximum Gasteiger partial charge on any atom is 0.309 e. The minimum atomic E-state index is -1.26. The second-order valence-corrected chi connectivity index (χ2v) is 12.2. The lowest BCUT2D eigenvalue weighted by molar-refractivity contribution is -0.154. The molecule has 2 aliphatic rings. The molecule has 8 nitrogen and oxygen atoms in total. The van der Waals surface area contributed by atoms with Gasteiger partial charge in [-0.05, 0) is 44.3 Å². The highest BCUT2D eigenvalue weighted by Crippen LogP contribution is 2.45. The first kappa shape index (κ1) is 28.9. The van der Waals surface area contributed by atoms with Gasteiger partial charge in [0.1, 0.15) is 16.9 Å². The molecule has 2 aliphatic heterocycles. The number of fused-ring (bicyclic) bond motifs is 1. The van der Waals surface area contributed by atoms with Crippen LogP contribution in [-0.4, -0.2) is 62.1 Å². The molecule has 3 rings (SSSR count). The first-order valence-electron chi connectivity index (χ1n) is 12.8. The Hall–Kier alpha value is -1.65. The minimum absolute atomic E-state index is 0.0860. The van der Waals surface area contributed by atoms with Crippen molar-refractivity contribution >= 4 is 29.2 Å². The van der Waals surface area contributed by atoms with Crippen LogP contribution in [0, 0.1) is 17.3 Å². The molecule has 2 saturated heterocycles. The van der Waals surface area contributed by atoms with Crippen LogP contribution in [-0.2, 0) is 25.7 Å². The van der Waals surface area contributed by atoms with Crippen LogP contribution < -0.4 is 0 Å². The summed E-state index contributed by atoms with van der Waals surface area (Å²) in [5.41, 5.74) is -0.0964. The number of aromatic nitrogens is 1. The van der Waals surface area contributed by atoms with Crippen molar-refractivity contribution in [1.29, 1.82) is 0 Å². The van der Waals surface area contributed by atoms with Crippen LogP contribution in [0.3, 0.4) is 0 Å². The van der Waals surface area contributed by atoms with Crippen molar-refractivity contribution < 1.29 is 34.4 Å². The van der Waals surface area contributed by atoms with Crippen molar-refractivity contribution in [2.45, 2.75) is 110 Å². The maximum absolute atomic E-state index is 13.2. The van der Waals surface area contributed by atoms with Gasteiger partial charge in [-0.25, -0.2) is 4.98 Å². The van der Waals surface area contributed by atoms with Gasteiger partial charge in [-0.1, -0.05) is 34.1 Å². The molecule has 36 heavy (non-hydrogen) atoms. The molecule has 1 aromatic rings. The number of epoxide rings is 1. The maximum atomic E-state index is 13.2. The van der Waals surface area contributed by atoms with E-state index in [-0.39, 0.29) is 36.4 Å². The van der Waals surface area contributed by atoms with Gasteiger partial charge < -0.3 is 24.8 Å². The number of carbonyl (C=O) groups is 2. The molecule has 0 aliphatic carbocycles. The van der Waals surface area contributed by atoms with Crippen molar-refractivity contribution in [3.63, 3.8) is 0 Å². The lowest BCUT2D eigenvalue weighted by atomic mass is 9.73. The second kappa shape index (κ2) is 11.4. The van der Waals surface area contributed by atoms with Gasteiger partial charge in [0, 0.05) is 17.7 Å². The summed E-state index contributed by atoms with van der Waals surface area (Å²) in [7, 11) is 0. The third kappa shape index (κ3) is 6.61. The third-order valence-electron chi connectivity index (χ3n) is 8.00. The molecule has 1 aromatic heterocycles. The minimum Gasteiger partial charge on any atom is -0.458 e. The number of Topliss-reactive ketones (excluding diaryl/α,β-unsaturated/α-hetero) is 1. The average molecular weight is 524 g/mol. The molecule has 0 amide bonds. The van der Waals surface area contributed by atoms with E-state index in [1.165, 1.54) is 11.3 Å². The number of esters is 1. The smallest absolute Gasteiger partial charge is 0.309 e. The van der Waals surface area contributed by atoms with Crippen LogP contribution in [0.2, 0.25) is 0 Å². The van der Waals surface area contributed by atoms with Gasteiger partial charge in [-0.15, -0.1) is 11.3 Å². The van der Waals surface area contributed by atoms with Gasteiger partial charge in [-0.3, -0.25) is 9.59 Å². The molecule has 0 radical (unpaired) electrons. The van der Waals surface area contributed by atoms with Crippen LogP contribution in [0.5, 0.6) is 0 Å². The van der Waals surface area contributed by atoms with E-state index in [1.54, 1.807) is 20.8 Å². The summed E-state index contributed by atoms with van der Waals surface area (Å²) < 4.78 is 11.9. The van der Waals surface area contributed by atoms with Gasteiger partial charge in [0.15, 0.2) is 0 Å². The summed E-state index contributed by atoms with van der Waals surface area (Å²) >= 11 is 1.35. The summed E-state index contributed by atoms with van der Waals surface area (Å²) in [6, 6.07) is 0. The first-order valence-corrected chi connectivity index (χ1v) is 13.7. The normalized spacial score (nSPS) is 36.8. The molecule has 0 aromatic carbocycles. The highest BCUT2D eigenvalue weighted by atomic mass is 32.1. The standard InChI is InChI=1S/C27H41NO7S/c1-15-8-7-9-27(6)21(35-27)11-19(16(2)10-18-14-36-22(13-29)28-18)34-23(31)12-20(30)26(4,5)25(33)17(3)24(15)32/h10,14-15,17,19-21,24,29-30,32H,7-9,11-13H2,1-6H3/t15-,17+,19-,20-,21?,24-,27+/m0/s1. The third-order valence-corrected chi connectivity index (χ3v) is 8.85. The SMILES string of the molecule is CC(=Cc1csc(CO)n1)[C@@H]1CC2O[C@]2(C)CCC[C@H](C)[C@H](O)[C@@H](C)C(=O)C(C)(C)[C@@H](O)CC(=O)O1. The molecule has 0 saturated carbocycles. The predicted octanol–water partition coefficient (Wildman–Crippen LogP) is 3.66. The fourth-order valence-electron chi connectivity index (χ4n) is 5.08. The number of hydrogen-bond acceptors (Lipinski definition) is 9. The van der Waals surface area contributed by atoms with Crippen molar-refractivity contribution in [2.75, 3.05) is 0 Å². The fourth-order valence-corrected chi connectivity index (χ4v) is 5.69. The van der Waals surface area contributed by atoms with Crippen LogP contribution in [0.15, 0.2) is 11.0 Å². The van der Waals surface area contributed by atoms with E-state index in [0.717, 1.165) is 24.8 Å². The molecule has 3 heterocycles. The number of aliphatic hydroxyl groups is 3. The van der Waals surface area contributed by atoms with Crippen LogP contribution in [0.1, 0.15) is 84.3 Å². The van der Waals surface area contributed by atoms with Crippen molar-refractivity contribution in [3.05, 3.63) is 21.7 Å². The molecule has 202 valence electrons. The molecule has 0 spiro atoms. The lowest BCUT2D eigenvalue weighted by Gasteiger charge is -2.34. The molecule has 1 unspecified atom stereocenters. The van der Waals surface area contributed by atoms with Gasteiger partial charge in [0.05, 0.1) is 48.0 Å². The van der Waals surface area contributed by atoms with Gasteiger partial charge in [-0.2, -0.15) is 0 Å². The monoisotopic (exact) mass is 523 g/mol. The van der Waals surface area contributed by atoms with E-state index in [2.05, 4.69) is 4.98 Å². The van der Waals surface area contributed by atoms with E-state index in [0.29, 0.717) is 17.1 Å². The molecule has 9 heteroatoms. The highest BCUT2D eigenvalue weighted by Gasteiger charge is 2.53. The number of rotatable bonds is 3. The Balaban J connectivity index is 1.85. The number of cyclic esters (lactones) is 1. The molecule has 0 bridgehead atoms. The topological polar surface area (TPSA) is 129 Å². The van der Waals surface area contributed by atoms with Crippen molar-refractivity contribution in [2.24, 2.45) is 17.3 Å². The zero-order chi connectivity index (χ0) is 26.8. The Labute approximate surface area is 217 Å². The van der Waals surface area contributed by atoms with Crippen molar-refractivity contribution in [1.82, 2.24) is 4.98 Å². The molecule has 2 fully saturated rings. The number of nitrogens with zero attached hydrogens (tertiary/aromatic N) is 1. The van der Waals surface area contributed by atoms with Gasteiger partial charge >= 0.3 is 5.97 Å². The first-order chi connectivity index (χ1) is 16.8. The number of ketones is 1. The summed E-state index contributed by atoms with van der Waals surface area (Å²) in [5, 5.41) is 33.4. The van der Waals surface area contributed by atoms with E-state index in [1.807, 2.05) is 32.2 Å². The molecular formula is C27H41NO7S. The zero-order valence-corrected chi connectivity index (χ0v) is 23.0. The van der Waals surface area contributed by atoms with E-state index < -0.39 is 35.6 Å². The van der Waals surface area contributed by atoms with Crippen LogP contribution in [0.25, 0.3) is 6.08 Å². The van der Waals surface area contributed by atoms with Crippen LogP contribution >= 0.6 is 11.3 Å². The second-order valence-electron chi connectivity index (χ2n) is 11.3.